The fourth-order valence-corrected chi connectivity index (χ4v) is 4.01. The van der Waals surface area contributed by atoms with Gasteiger partial charge in [0.15, 0.2) is 5.11 Å². The van der Waals surface area contributed by atoms with Crippen LogP contribution in [-0.4, -0.2) is 21.5 Å². The van der Waals surface area contributed by atoms with E-state index in [1.165, 1.54) is 4.90 Å². The number of anilines is 1. The number of carbonyl (C=O) groups is 2. The summed E-state index contributed by atoms with van der Waals surface area (Å²) in [7, 11) is 0. The number of aromatic nitrogens is 1. The van der Waals surface area contributed by atoms with Crippen LogP contribution in [0.15, 0.2) is 54.2 Å². The molecule has 0 aliphatic carbocycles. The molecule has 0 atom stereocenters. The number of aryl methyl sites for hydroxylation is 3. The lowest BCUT2D eigenvalue weighted by molar-refractivity contribution is -0.122. The first-order chi connectivity index (χ1) is 13.9. The molecule has 1 N–H and O–H groups in total. The van der Waals surface area contributed by atoms with Gasteiger partial charge in [0.1, 0.15) is 5.57 Å². The lowest BCUT2D eigenvalue weighted by Crippen LogP contribution is -2.54. The van der Waals surface area contributed by atoms with E-state index in [-0.39, 0.29) is 10.7 Å². The molecule has 146 valence electrons. The minimum atomic E-state index is -0.477. The largest absolute Gasteiger partial charge is 0.347 e. The summed E-state index contributed by atoms with van der Waals surface area (Å²) in [6.45, 7) is 6.77. The summed E-state index contributed by atoms with van der Waals surface area (Å²) in [4.78, 5) is 27.3. The highest BCUT2D eigenvalue weighted by Crippen LogP contribution is 2.28. The maximum atomic E-state index is 13.3. The minimum Gasteiger partial charge on any atom is -0.347 e. The molecule has 1 aromatic heterocycles. The summed E-state index contributed by atoms with van der Waals surface area (Å²) in [6.07, 6.45) is 3.62. The first-order valence-electron chi connectivity index (χ1n) is 9.47. The fraction of sp³-hybridized carbons (Fsp3) is 0.174. The summed E-state index contributed by atoms with van der Waals surface area (Å²) in [5.41, 5.74) is 4.64. The quantitative estimate of drug-likeness (QED) is 0.407. The molecule has 0 unspecified atom stereocenters. The van der Waals surface area contributed by atoms with Gasteiger partial charge in [0.25, 0.3) is 11.8 Å². The molecule has 0 bridgehead atoms. The van der Waals surface area contributed by atoms with Crippen LogP contribution in [0.1, 0.15) is 23.6 Å². The highest BCUT2D eigenvalue weighted by Gasteiger charge is 2.35. The summed E-state index contributed by atoms with van der Waals surface area (Å²) in [5.74, 6) is -0.895. The molecule has 0 radical (unpaired) electrons. The number of fused-ring (bicyclic) bond motifs is 1. The van der Waals surface area contributed by atoms with E-state index < -0.39 is 11.8 Å². The minimum absolute atomic E-state index is 0.0672. The van der Waals surface area contributed by atoms with E-state index in [1.54, 1.807) is 6.08 Å². The summed E-state index contributed by atoms with van der Waals surface area (Å²) < 4.78 is 2.10. The van der Waals surface area contributed by atoms with Crippen LogP contribution in [0.25, 0.3) is 17.0 Å². The van der Waals surface area contributed by atoms with Gasteiger partial charge in [-0.05, 0) is 56.8 Å². The number of nitrogens with zero attached hydrogens (tertiary/aromatic N) is 2. The molecule has 6 heteroatoms. The zero-order valence-corrected chi connectivity index (χ0v) is 17.3. The fourth-order valence-electron chi connectivity index (χ4n) is 3.74. The number of amides is 2. The maximum Gasteiger partial charge on any atom is 0.270 e. The summed E-state index contributed by atoms with van der Waals surface area (Å²) in [5, 5.41) is 3.75. The van der Waals surface area contributed by atoms with Crippen LogP contribution >= 0.6 is 12.2 Å². The lowest BCUT2D eigenvalue weighted by Gasteiger charge is -2.30. The van der Waals surface area contributed by atoms with Gasteiger partial charge in [-0.2, -0.15) is 0 Å². The van der Waals surface area contributed by atoms with Crippen molar-refractivity contribution in [3.8, 4) is 0 Å². The molecule has 1 aliphatic rings. The van der Waals surface area contributed by atoms with E-state index in [0.717, 1.165) is 34.1 Å². The molecule has 29 heavy (non-hydrogen) atoms. The Labute approximate surface area is 174 Å². The molecule has 1 saturated heterocycles. The van der Waals surface area contributed by atoms with Crippen molar-refractivity contribution in [3.63, 3.8) is 0 Å². The molecule has 1 aliphatic heterocycles. The Balaban J connectivity index is 1.83. The third kappa shape index (κ3) is 3.25. The van der Waals surface area contributed by atoms with Crippen molar-refractivity contribution in [1.82, 2.24) is 9.88 Å². The maximum absolute atomic E-state index is 13.3. The molecule has 3 aromatic rings. The number of hydrogen-bond donors (Lipinski definition) is 1. The van der Waals surface area contributed by atoms with E-state index in [1.807, 2.05) is 62.5 Å². The molecule has 5 nitrogen and oxygen atoms in total. The van der Waals surface area contributed by atoms with E-state index in [4.69, 9.17) is 12.2 Å². The number of nitrogens with one attached hydrogen (secondary N) is 1. The number of para-hydroxylation sites is 1. The monoisotopic (exact) mass is 403 g/mol. The Kier molecular flexibility index (Phi) is 4.80. The van der Waals surface area contributed by atoms with E-state index in [0.29, 0.717) is 5.69 Å². The Morgan fingerprint density at radius 3 is 2.59 bits per heavy atom. The van der Waals surface area contributed by atoms with Crippen molar-refractivity contribution in [2.45, 2.75) is 27.3 Å². The Morgan fingerprint density at radius 2 is 1.86 bits per heavy atom. The first-order valence-corrected chi connectivity index (χ1v) is 9.88. The van der Waals surface area contributed by atoms with Crippen molar-refractivity contribution in [2.24, 2.45) is 0 Å². The van der Waals surface area contributed by atoms with Gasteiger partial charge >= 0.3 is 0 Å². The Morgan fingerprint density at radius 1 is 1.10 bits per heavy atom. The molecular weight excluding hydrogens is 382 g/mol. The standard InChI is InChI=1S/C23H21N3O2S/c1-4-25-13-16(17-7-5-6-8-20(17)25)12-18-21(27)24-23(29)26(22(18)28)19-10-9-14(2)11-15(19)3/h5-13H,4H2,1-3H3,(H,24,27,29). The van der Waals surface area contributed by atoms with Crippen LogP contribution in [0.4, 0.5) is 5.69 Å². The molecule has 1 fully saturated rings. The lowest BCUT2D eigenvalue weighted by atomic mass is 10.0. The number of rotatable bonds is 3. The van der Waals surface area contributed by atoms with Crippen molar-refractivity contribution in [2.75, 3.05) is 4.90 Å². The van der Waals surface area contributed by atoms with Crippen molar-refractivity contribution < 1.29 is 9.59 Å². The van der Waals surface area contributed by atoms with Gasteiger partial charge in [-0.1, -0.05) is 35.9 Å². The second kappa shape index (κ2) is 7.29. The average Bonchev–Trinajstić information content (AvgIpc) is 3.04. The number of hydrogen-bond acceptors (Lipinski definition) is 3. The SMILES string of the molecule is CCn1cc(C=C2C(=O)NC(=S)N(c3ccc(C)cc3C)C2=O)c2ccccc21. The Bertz CT molecular complexity index is 1210. The van der Waals surface area contributed by atoms with E-state index in [2.05, 4.69) is 16.8 Å². The molecule has 2 heterocycles. The van der Waals surface area contributed by atoms with Crippen LogP contribution < -0.4 is 10.2 Å². The van der Waals surface area contributed by atoms with Crippen molar-refractivity contribution >= 4 is 51.8 Å². The van der Waals surface area contributed by atoms with Crippen LogP contribution in [0.5, 0.6) is 0 Å². The van der Waals surface area contributed by atoms with Gasteiger partial charge in [-0.25, -0.2) is 0 Å². The zero-order valence-electron chi connectivity index (χ0n) is 16.5. The van der Waals surface area contributed by atoms with Crippen molar-refractivity contribution in [3.05, 3.63) is 70.9 Å². The normalized spacial score (nSPS) is 16.0. The number of benzene rings is 2. The predicted octanol–water partition coefficient (Wildman–Crippen LogP) is 4.11. The van der Waals surface area contributed by atoms with E-state index in [9.17, 15) is 9.59 Å². The predicted molar refractivity (Wildman–Crippen MR) is 120 cm³/mol. The number of carbonyl (C=O) groups excluding carboxylic acids is 2. The van der Waals surface area contributed by atoms with E-state index >= 15 is 0 Å². The molecule has 2 aromatic carbocycles. The van der Waals surface area contributed by atoms with Crippen LogP contribution in [0.2, 0.25) is 0 Å². The summed E-state index contributed by atoms with van der Waals surface area (Å²) >= 11 is 5.32. The van der Waals surface area contributed by atoms with Crippen LogP contribution in [-0.2, 0) is 16.1 Å². The topological polar surface area (TPSA) is 54.3 Å². The third-order valence-corrected chi connectivity index (χ3v) is 5.44. The molecular formula is C23H21N3O2S. The average molecular weight is 404 g/mol. The van der Waals surface area contributed by atoms with Gasteiger partial charge in [-0.3, -0.25) is 19.8 Å². The van der Waals surface area contributed by atoms with Crippen molar-refractivity contribution in [1.29, 1.82) is 0 Å². The second-order valence-corrected chi connectivity index (χ2v) is 7.52. The van der Waals surface area contributed by atoms with Gasteiger partial charge < -0.3 is 4.57 Å². The van der Waals surface area contributed by atoms with Gasteiger partial charge in [0.05, 0.1) is 5.69 Å². The van der Waals surface area contributed by atoms with Gasteiger partial charge in [0, 0.05) is 29.2 Å². The van der Waals surface area contributed by atoms with Gasteiger partial charge in [-0.15, -0.1) is 0 Å². The second-order valence-electron chi connectivity index (χ2n) is 7.14. The number of thiocarbonyl (C=S) groups is 1. The third-order valence-electron chi connectivity index (χ3n) is 5.15. The summed E-state index contributed by atoms with van der Waals surface area (Å²) in [6, 6.07) is 13.7. The highest BCUT2D eigenvalue weighted by atomic mass is 32.1. The molecule has 0 saturated carbocycles. The first kappa shape index (κ1) is 19.1. The van der Waals surface area contributed by atoms with Gasteiger partial charge in [0.2, 0.25) is 0 Å². The molecule has 4 rings (SSSR count). The zero-order chi connectivity index (χ0) is 20.7. The molecule has 2 amide bonds. The Hall–Kier alpha value is -3.25. The van der Waals surface area contributed by atoms with Crippen LogP contribution in [0, 0.1) is 13.8 Å². The highest BCUT2D eigenvalue weighted by molar-refractivity contribution is 7.80. The van der Waals surface area contributed by atoms with Crippen LogP contribution in [0.3, 0.4) is 0 Å². The molecule has 0 spiro atoms. The smallest absolute Gasteiger partial charge is 0.270 e.